The fraction of sp³-hybridized carbons (Fsp3) is 0.438. The molecule has 0 heterocycles. The third kappa shape index (κ3) is 3.59. The van der Waals surface area contributed by atoms with E-state index in [0.717, 1.165) is 18.5 Å². The minimum Gasteiger partial charge on any atom is -0.384 e. The number of aliphatic hydroxyl groups excluding tert-OH is 1. The lowest BCUT2D eigenvalue weighted by atomic mass is 10.0. The van der Waals surface area contributed by atoms with Crippen molar-refractivity contribution in [2.45, 2.75) is 26.2 Å². The number of amides is 1. The van der Waals surface area contributed by atoms with Gasteiger partial charge in [-0.15, -0.1) is 0 Å². The predicted octanol–water partition coefficient (Wildman–Crippen LogP) is 1.95. The molecule has 1 amide bonds. The largest absolute Gasteiger partial charge is 0.384 e. The maximum Gasteiger partial charge on any atom is 0.251 e. The van der Waals surface area contributed by atoms with Crippen molar-refractivity contribution in [1.29, 1.82) is 0 Å². The third-order valence-corrected chi connectivity index (χ3v) is 3.79. The van der Waals surface area contributed by atoms with Gasteiger partial charge in [-0.2, -0.15) is 0 Å². The summed E-state index contributed by atoms with van der Waals surface area (Å²) in [7, 11) is 0. The highest BCUT2D eigenvalue weighted by Crippen LogP contribution is 2.47. The van der Waals surface area contributed by atoms with Gasteiger partial charge in [0.05, 0.1) is 0 Å². The SMILES string of the molecule is CCC1(CNC(=O)c2ccc(C#CCO)cc2)CC1. The zero-order valence-electron chi connectivity index (χ0n) is 11.2. The lowest BCUT2D eigenvalue weighted by Crippen LogP contribution is -2.29. The van der Waals surface area contributed by atoms with Crippen molar-refractivity contribution in [1.82, 2.24) is 5.32 Å². The van der Waals surface area contributed by atoms with Crippen LogP contribution in [-0.4, -0.2) is 24.2 Å². The van der Waals surface area contributed by atoms with E-state index >= 15 is 0 Å². The second-order valence-corrected chi connectivity index (χ2v) is 5.07. The molecule has 0 atom stereocenters. The van der Waals surface area contributed by atoms with E-state index in [1.807, 2.05) is 0 Å². The van der Waals surface area contributed by atoms with Crippen molar-refractivity contribution < 1.29 is 9.90 Å². The smallest absolute Gasteiger partial charge is 0.251 e. The summed E-state index contributed by atoms with van der Waals surface area (Å²) in [5.41, 5.74) is 1.82. The lowest BCUT2D eigenvalue weighted by molar-refractivity contribution is 0.0944. The zero-order valence-corrected chi connectivity index (χ0v) is 11.2. The summed E-state index contributed by atoms with van der Waals surface area (Å²) >= 11 is 0. The van der Waals surface area contributed by atoms with Crippen LogP contribution in [0.1, 0.15) is 42.1 Å². The summed E-state index contributed by atoms with van der Waals surface area (Å²) in [5.74, 6) is 5.36. The van der Waals surface area contributed by atoms with Crippen LogP contribution in [0.2, 0.25) is 0 Å². The predicted molar refractivity (Wildman–Crippen MR) is 74.7 cm³/mol. The van der Waals surface area contributed by atoms with Crippen LogP contribution in [0.25, 0.3) is 0 Å². The van der Waals surface area contributed by atoms with E-state index in [1.54, 1.807) is 24.3 Å². The molecule has 3 nitrogen and oxygen atoms in total. The summed E-state index contributed by atoms with van der Waals surface area (Å²) in [6, 6.07) is 7.12. The summed E-state index contributed by atoms with van der Waals surface area (Å²) in [6.07, 6.45) is 3.57. The molecule has 1 aliphatic carbocycles. The van der Waals surface area contributed by atoms with E-state index in [0.29, 0.717) is 11.0 Å². The Hall–Kier alpha value is -1.79. The van der Waals surface area contributed by atoms with Crippen LogP contribution in [0.15, 0.2) is 24.3 Å². The first-order valence-electron chi connectivity index (χ1n) is 6.67. The van der Waals surface area contributed by atoms with Gasteiger partial charge in [-0.1, -0.05) is 18.8 Å². The molecule has 1 saturated carbocycles. The van der Waals surface area contributed by atoms with Crippen molar-refractivity contribution in [2.24, 2.45) is 5.41 Å². The number of hydrogen-bond acceptors (Lipinski definition) is 2. The summed E-state index contributed by atoms with van der Waals surface area (Å²) < 4.78 is 0. The van der Waals surface area contributed by atoms with Gasteiger partial charge in [-0.25, -0.2) is 0 Å². The second kappa shape index (κ2) is 5.90. The maximum absolute atomic E-state index is 12.0. The van der Waals surface area contributed by atoms with Crippen LogP contribution in [0, 0.1) is 17.3 Å². The van der Waals surface area contributed by atoms with Gasteiger partial charge in [0.25, 0.3) is 5.91 Å². The topological polar surface area (TPSA) is 49.3 Å². The molecule has 3 heteroatoms. The van der Waals surface area contributed by atoms with Crippen LogP contribution in [0.3, 0.4) is 0 Å². The summed E-state index contributed by atoms with van der Waals surface area (Å²) in [5, 5.41) is 11.6. The molecule has 0 radical (unpaired) electrons. The fourth-order valence-corrected chi connectivity index (χ4v) is 2.05. The molecule has 1 aromatic rings. The highest BCUT2D eigenvalue weighted by molar-refractivity contribution is 5.94. The average Bonchev–Trinajstić information content (AvgIpc) is 3.24. The van der Waals surface area contributed by atoms with Gasteiger partial charge in [0, 0.05) is 17.7 Å². The van der Waals surface area contributed by atoms with Gasteiger partial charge >= 0.3 is 0 Å². The van der Waals surface area contributed by atoms with E-state index in [1.165, 1.54) is 12.8 Å². The number of nitrogens with one attached hydrogen (secondary N) is 1. The Bertz CT molecular complexity index is 504. The summed E-state index contributed by atoms with van der Waals surface area (Å²) in [6.45, 7) is 2.80. The van der Waals surface area contributed by atoms with Crippen molar-refractivity contribution in [2.75, 3.05) is 13.2 Å². The van der Waals surface area contributed by atoms with Gasteiger partial charge in [-0.05, 0) is 48.9 Å². The number of rotatable bonds is 4. The summed E-state index contributed by atoms with van der Waals surface area (Å²) in [4.78, 5) is 12.0. The van der Waals surface area contributed by atoms with E-state index in [4.69, 9.17) is 5.11 Å². The second-order valence-electron chi connectivity index (χ2n) is 5.07. The Morgan fingerprint density at radius 2 is 2.05 bits per heavy atom. The van der Waals surface area contributed by atoms with E-state index in [-0.39, 0.29) is 12.5 Å². The van der Waals surface area contributed by atoms with Crippen molar-refractivity contribution >= 4 is 5.91 Å². The molecule has 1 aromatic carbocycles. The van der Waals surface area contributed by atoms with E-state index in [9.17, 15) is 4.79 Å². The van der Waals surface area contributed by atoms with Crippen molar-refractivity contribution in [3.8, 4) is 11.8 Å². The molecular formula is C16H19NO2. The molecule has 1 fully saturated rings. The quantitative estimate of drug-likeness (QED) is 0.810. The minimum absolute atomic E-state index is 0.0265. The van der Waals surface area contributed by atoms with E-state index in [2.05, 4.69) is 24.1 Å². The monoisotopic (exact) mass is 257 g/mol. The van der Waals surface area contributed by atoms with Gasteiger partial charge in [0.15, 0.2) is 0 Å². The van der Waals surface area contributed by atoms with Gasteiger partial charge in [0.2, 0.25) is 0 Å². The Morgan fingerprint density at radius 3 is 2.58 bits per heavy atom. The molecule has 19 heavy (non-hydrogen) atoms. The number of carbonyl (C=O) groups is 1. The molecule has 0 bridgehead atoms. The molecule has 0 unspecified atom stereocenters. The highest BCUT2D eigenvalue weighted by atomic mass is 16.2. The van der Waals surface area contributed by atoms with Crippen LogP contribution in [0.5, 0.6) is 0 Å². The third-order valence-electron chi connectivity index (χ3n) is 3.79. The lowest BCUT2D eigenvalue weighted by Gasteiger charge is -2.13. The highest BCUT2D eigenvalue weighted by Gasteiger charge is 2.40. The van der Waals surface area contributed by atoms with E-state index < -0.39 is 0 Å². The molecule has 0 saturated heterocycles. The Kier molecular flexibility index (Phi) is 4.24. The van der Waals surface area contributed by atoms with Crippen LogP contribution in [-0.2, 0) is 0 Å². The van der Waals surface area contributed by atoms with Crippen LogP contribution >= 0.6 is 0 Å². The Morgan fingerprint density at radius 1 is 1.37 bits per heavy atom. The standard InChI is InChI=1S/C16H19NO2/c1-2-16(9-10-16)12-17-15(19)14-7-5-13(6-8-14)4-3-11-18/h5-8,18H,2,9-12H2,1H3,(H,17,19). The number of aliphatic hydroxyl groups is 1. The molecule has 2 rings (SSSR count). The van der Waals surface area contributed by atoms with Crippen molar-refractivity contribution in [3.63, 3.8) is 0 Å². The first-order valence-corrected chi connectivity index (χ1v) is 6.67. The first-order chi connectivity index (χ1) is 9.19. The number of hydrogen-bond donors (Lipinski definition) is 2. The zero-order chi connectivity index (χ0) is 13.7. The molecule has 2 N–H and O–H groups in total. The van der Waals surface area contributed by atoms with Crippen LogP contribution in [0.4, 0.5) is 0 Å². The maximum atomic E-state index is 12.0. The minimum atomic E-state index is -0.151. The molecule has 0 aliphatic heterocycles. The first kappa shape index (κ1) is 13.6. The van der Waals surface area contributed by atoms with Gasteiger partial charge < -0.3 is 10.4 Å². The number of benzene rings is 1. The molecule has 0 aromatic heterocycles. The number of carbonyl (C=O) groups excluding carboxylic acids is 1. The normalized spacial score (nSPS) is 15.3. The molecule has 1 aliphatic rings. The van der Waals surface area contributed by atoms with Crippen molar-refractivity contribution in [3.05, 3.63) is 35.4 Å². The fourth-order valence-electron chi connectivity index (χ4n) is 2.05. The molecular weight excluding hydrogens is 238 g/mol. The average molecular weight is 257 g/mol. The van der Waals surface area contributed by atoms with Gasteiger partial charge in [0.1, 0.15) is 6.61 Å². The molecule has 0 spiro atoms. The molecule has 100 valence electrons. The Balaban J connectivity index is 1.92. The van der Waals surface area contributed by atoms with Crippen LogP contribution < -0.4 is 5.32 Å². The Labute approximate surface area is 114 Å². The van der Waals surface area contributed by atoms with Gasteiger partial charge in [-0.3, -0.25) is 4.79 Å².